The van der Waals surface area contributed by atoms with E-state index in [1.165, 1.54) is 6.20 Å². The molecule has 1 saturated carbocycles. The van der Waals surface area contributed by atoms with Crippen LogP contribution in [0.5, 0.6) is 0 Å². The smallest absolute Gasteiger partial charge is 0.356 e. The number of nitrogens with zero attached hydrogens (tertiary/aromatic N) is 3. The lowest BCUT2D eigenvalue weighted by atomic mass is 9.65. The van der Waals surface area contributed by atoms with E-state index in [0.29, 0.717) is 0 Å². The summed E-state index contributed by atoms with van der Waals surface area (Å²) >= 11 is 0. The quantitative estimate of drug-likeness (QED) is 0.905. The highest BCUT2D eigenvalue weighted by Crippen LogP contribution is 2.52. The van der Waals surface area contributed by atoms with Crippen molar-refractivity contribution in [1.29, 1.82) is 0 Å². The molecule has 1 aliphatic heterocycles. The topological polar surface area (TPSA) is 83.4 Å². The minimum atomic E-state index is -1.14. The molecule has 1 aromatic rings. The minimum absolute atomic E-state index is 0.143. The zero-order valence-electron chi connectivity index (χ0n) is 13.2. The maximum Gasteiger partial charge on any atom is 0.356 e. The minimum Gasteiger partial charge on any atom is -0.476 e. The van der Waals surface area contributed by atoms with Gasteiger partial charge >= 0.3 is 5.97 Å². The summed E-state index contributed by atoms with van der Waals surface area (Å²) in [5, 5.41) is 8.84. The maximum absolute atomic E-state index is 12.7. The SMILES string of the molecule is CC1(C)CC2CC(C)(CN2C(=O)c2cnc(C(=O)O)cn2)C1. The van der Waals surface area contributed by atoms with Crippen molar-refractivity contribution in [3.63, 3.8) is 0 Å². The molecule has 2 bridgehead atoms. The molecule has 22 heavy (non-hydrogen) atoms. The Hall–Kier alpha value is -1.98. The molecular formula is C16H21N3O3. The molecule has 2 heterocycles. The fraction of sp³-hybridized carbons (Fsp3) is 0.625. The first-order valence-electron chi connectivity index (χ1n) is 7.56. The molecule has 1 aromatic heterocycles. The van der Waals surface area contributed by atoms with E-state index >= 15 is 0 Å². The lowest BCUT2D eigenvalue weighted by molar-refractivity contribution is 0.0677. The molecular weight excluding hydrogens is 282 g/mol. The number of carboxylic acids is 1. The molecule has 118 valence electrons. The molecule has 1 saturated heterocycles. The van der Waals surface area contributed by atoms with Crippen LogP contribution in [0.25, 0.3) is 0 Å². The normalized spacial score (nSPS) is 29.4. The number of carboxylic acid groups (broad SMARTS) is 1. The molecule has 2 atom stereocenters. The van der Waals surface area contributed by atoms with E-state index in [9.17, 15) is 9.59 Å². The van der Waals surface area contributed by atoms with E-state index in [1.807, 2.05) is 4.90 Å². The highest BCUT2D eigenvalue weighted by Gasteiger charge is 2.51. The number of hydrogen-bond acceptors (Lipinski definition) is 4. The number of likely N-dealkylation sites (tertiary alicyclic amines) is 1. The van der Waals surface area contributed by atoms with E-state index in [1.54, 1.807) is 0 Å². The van der Waals surface area contributed by atoms with Gasteiger partial charge in [0, 0.05) is 12.6 Å². The Morgan fingerprint density at radius 1 is 1.18 bits per heavy atom. The van der Waals surface area contributed by atoms with Crippen molar-refractivity contribution in [3.05, 3.63) is 23.8 Å². The predicted molar refractivity (Wildman–Crippen MR) is 79.6 cm³/mol. The molecule has 2 fully saturated rings. The number of rotatable bonds is 2. The van der Waals surface area contributed by atoms with E-state index in [0.717, 1.165) is 32.0 Å². The summed E-state index contributed by atoms with van der Waals surface area (Å²) in [4.78, 5) is 33.2. The van der Waals surface area contributed by atoms with Gasteiger partial charge in [0.25, 0.3) is 5.91 Å². The van der Waals surface area contributed by atoms with Gasteiger partial charge in [0.15, 0.2) is 5.69 Å². The van der Waals surface area contributed by atoms with Crippen LogP contribution in [0.2, 0.25) is 0 Å². The van der Waals surface area contributed by atoms with E-state index in [4.69, 9.17) is 5.11 Å². The third kappa shape index (κ3) is 2.58. The summed E-state index contributed by atoms with van der Waals surface area (Å²) < 4.78 is 0. The number of carbonyl (C=O) groups is 2. The molecule has 6 nitrogen and oxygen atoms in total. The molecule has 0 spiro atoms. The molecule has 0 radical (unpaired) electrons. The number of fused-ring (bicyclic) bond motifs is 2. The second kappa shape index (κ2) is 4.76. The Morgan fingerprint density at radius 3 is 2.41 bits per heavy atom. The van der Waals surface area contributed by atoms with Crippen molar-refractivity contribution < 1.29 is 14.7 Å². The van der Waals surface area contributed by atoms with Crippen molar-refractivity contribution in [1.82, 2.24) is 14.9 Å². The first kappa shape index (κ1) is 14.9. The second-order valence-corrected chi connectivity index (χ2v) is 7.74. The van der Waals surface area contributed by atoms with Gasteiger partial charge in [0.05, 0.1) is 12.4 Å². The Kier molecular flexibility index (Phi) is 3.23. The van der Waals surface area contributed by atoms with E-state index in [-0.39, 0.29) is 34.2 Å². The lowest BCUT2D eigenvalue weighted by Crippen LogP contribution is -2.38. The van der Waals surface area contributed by atoms with Crippen molar-refractivity contribution in [2.75, 3.05) is 6.54 Å². The predicted octanol–water partition coefficient (Wildman–Crippen LogP) is 2.22. The van der Waals surface area contributed by atoms with Gasteiger partial charge in [-0.3, -0.25) is 4.79 Å². The van der Waals surface area contributed by atoms with Crippen molar-refractivity contribution >= 4 is 11.9 Å². The Balaban J connectivity index is 1.83. The van der Waals surface area contributed by atoms with Gasteiger partial charge < -0.3 is 10.0 Å². The van der Waals surface area contributed by atoms with Gasteiger partial charge in [-0.15, -0.1) is 0 Å². The molecule has 2 unspecified atom stereocenters. The van der Waals surface area contributed by atoms with E-state index in [2.05, 4.69) is 30.7 Å². The standard InChI is InChI=1S/C16H21N3O3/c1-15(2)4-10-5-16(3,8-15)9-19(10)13(20)11-6-18-12(7-17-11)14(21)22/h6-7,10H,4-5,8-9H2,1-3H3,(H,21,22). The van der Waals surface area contributed by atoms with Gasteiger partial charge in [0.1, 0.15) is 5.69 Å². The molecule has 0 aromatic carbocycles. The van der Waals surface area contributed by atoms with Gasteiger partial charge in [-0.05, 0) is 30.1 Å². The van der Waals surface area contributed by atoms with Crippen LogP contribution in [-0.4, -0.2) is 44.4 Å². The van der Waals surface area contributed by atoms with Crippen LogP contribution in [0, 0.1) is 10.8 Å². The average Bonchev–Trinajstić information content (AvgIpc) is 2.67. The Labute approximate surface area is 129 Å². The van der Waals surface area contributed by atoms with Crippen LogP contribution >= 0.6 is 0 Å². The van der Waals surface area contributed by atoms with Gasteiger partial charge in [-0.2, -0.15) is 0 Å². The fourth-order valence-corrected chi connectivity index (χ4v) is 4.39. The first-order valence-corrected chi connectivity index (χ1v) is 7.56. The summed E-state index contributed by atoms with van der Waals surface area (Å²) in [6, 6.07) is 0.238. The molecule has 1 amide bonds. The largest absolute Gasteiger partial charge is 0.476 e. The summed E-state index contributed by atoms with van der Waals surface area (Å²) in [5.74, 6) is -1.28. The van der Waals surface area contributed by atoms with Crippen molar-refractivity contribution in [2.24, 2.45) is 10.8 Å². The maximum atomic E-state index is 12.7. The highest BCUT2D eigenvalue weighted by atomic mass is 16.4. The van der Waals surface area contributed by atoms with Gasteiger partial charge in [-0.1, -0.05) is 20.8 Å². The summed E-state index contributed by atoms with van der Waals surface area (Å²) in [7, 11) is 0. The van der Waals surface area contributed by atoms with Crippen LogP contribution < -0.4 is 0 Å². The Morgan fingerprint density at radius 2 is 1.82 bits per heavy atom. The molecule has 6 heteroatoms. The number of amides is 1. The first-order chi connectivity index (χ1) is 10.2. The highest BCUT2D eigenvalue weighted by molar-refractivity contribution is 5.93. The van der Waals surface area contributed by atoms with Crippen LogP contribution in [0.15, 0.2) is 12.4 Å². The summed E-state index contributed by atoms with van der Waals surface area (Å²) in [5.41, 5.74) is 0.478. The molecule has 2 aliphatic rings. The lowest BCUT2D eigenvalue weighted by Gasteiger charge is -2.39. The average molecular weight is 303 g/mol. The van der Waals surface area contributed by atoms with Crippen LogP contribution in [0.4, 0.5) is 0 Å². The third-order valence-electron chi connectivity index (χ3n) is 4.77. The van der Waals surface area contributed by atoms with Crippen LogP contribution in [-0.2, 0) is 0 Å². The fourth-order valence-electron chi connectivity index (χ4n) is 4.39. The summed E-state index contributed by atoms with van der Waals surface area (Å²) in [6.45, 7) is 7.50. The van der Waals surface area contributed by atoms with E-state index < -0.39 is 5.97 Å². The van der Waals surface area contributed by atoms with Crippen molar-refractivity contribution in [3.8, 4) is 0 Å². The van der Waals surface area contributed by atoms with Crippen LogP contribution in [0.1, 0.15) is 61.0 Å². The molecule has 1 N–H and O–H groups in total. The zero-order valence-corrected chi connectivity index (χ0v) is 13.2. The van der Waals surface area contributed by atoms with Gasteiger partial charge in [0.2, 0.25) is 0 Å². The second-order valence-electron chi connectivity index (χ2n) is 7.74. The monoisotopic (exact) mass is 303 g/mol. The number of aromatic carboxylic acids is 1. The molecule has 3 rings (SSSR count). The summed E-state index contributed by atoms with van der Waals surface area (Å²) in [6.07, 6.45) is 5.55. The Bertz CT molecular complexity index is 626. The van der Waals surface area contributed by atoms with Crippen LogP contribution in [0.3, 0.4) is 0 Å². The zero-order chi connectivity index (χ0) is 16.1. The molecule has 1 aliphatic carbocycles. The number of hydrogen-bond donors (Lipinski definition) is 1. The van der Waals surface area contributed by atoms with Crippen molar-refractivity contribution in [2.45, 2.75) is 46.1 Å². The number of aromatic nitrogens is 2. The van der Waals surface area contributed by atoms with Gasteiger partial charge in [-0.25, -0.2) is 14.8 Å². The number of carbonyl (C=O) groups excluding carboxylic acids is 1. The third-order valence-corrected chi connectivity index (χ3v) is 4.77.